The average molecular weight is 430 g/mol. The van der Waals surface area contributed by atoms with Gasteiger partial charge in [0.05, 0.1) is 20.0 Å². The Morgan fingerprint density at radius 3 is 2.45 bits per heavy atom. The number of carbonyl (C=O) groups is 2. The van der Waals surface area contributed by atoms with Crippen molar-refractivity contribution in [1.82, 2.24) is 4.90 Å². The van der Waals surface area contributed by atoms with Crippen molar-refractivity contribution in [3.05, 3.63) is 59.7 Å². The molecule has 0 saturated carbocycles. The maximum Gasteiger partial charge on any atom is 0.306 e. The van der Waals surface area contributed by atoms with Gasteiger partial charge in [-0.1, -0.05) is 30.3 Å². The highest BCUT2D eigenvalue weighted by atomic mass is 16.6. The fourth-order valence-electron chi connectivity index (χ4n) is 3.22. The number of rotatable bonds is 12. The minimum absolute atomic E-state index is 0.170. The maximum atomic E-state index is 11.9. The molecule has 0 saturated heterocycles. The van der Waals surface area contributed by atoms with Gasteiger partial charge in [0.15, 0.2) is 6.23 Å². The van der Waals surface area contributed by atoms with Gasteiger partial charge in [-0.25, -0.2) is 0 Å². The fourth-order valence-corrected chi connectivity index (χ4v) is 3.22. The predicted molar refractivity (Wildman–Crippen MR) is 117 cm³/mol. The highest BCUT2D eigenvalue weighted by Gasteiger charge is 2.26. The number of esters is 1. The minimum atomic E-state index is -1.03. The molecule has 7 heteroatoms. The first-order valence-electron chi connectivity index (χ1n) is 10.3. The van der Waals surface area contributed by atoms with Crippen molar-refractivity contribution >= 4 is 11.9 Å². The highest BCUT2D eigenvalue weighted by molar-refractivity contribution is 5.76. The summed E-state index contributed by atoms with van der Waals surface area (Å²) in [6.07, 6.45) is 0.0676. The number of aryl methyl sites for hydroxylation is 2. The molecule has 168 valence electrons. The molecule has 1 N–H and O–H groups in total. The number of ether oxygens (including phenoxy) is 3. The van der Waals surface area contributed by atoms with Crippen LogP contribution in [0.2, 0.25) is 0 Å². The number of benzene rings is 2. The SMILES string of the molecule is COc1cccc(CCc2ccccc2O[C@@H]([C@H](C)OC(=O)CCC(=O)O)N(C)C)c1. The van der Waals surface area contributed by atoms with Gasteiger partial charge in [0.2, 0.25) is 0 Å². The lowest BCUT2D eigenvalue weighted by Crippen LogP contribution is -2.44. The van der Waals surface area contributed by atoms with E-state index in [0.717, 1.165) is 29.9 Å². The van der Waals surface area contributed by atoms with Crippen molar-refractivity contribution in [2.24, 2.45) is 0 Å². The van der Waals surface area contributed by atoms with Gasteiger partial charge in [-0.15, -0.1) is 0 Å². The quantitative estimate of drug-likeness (QED) is 0.408. The van der Waals surface area contributed by atoms with Gasteiger partial charge < -0.3 is 19.3 Å². The Morgan fingerprint density at radius 1 is 1.03 bits per heavy atom. The average Bonchev–Trinajstić information content (AvgIpc) is 2.75. The second-order valence-corrected chi connectivity index (χ2v) is 7.52. The molecule has 0 aromatic heterocycles. The van der Waals surface area contributed by atoms with E-state index in [9.17, 15) is 9.59 Å². The van der Waals surface area contributed by atoms with Gasteiger partial charge in [-0.3, -0.25) is 14.5 Å². The lowest BCUT2D eigenvalue weighted by atomic mass is 10.0. The van der Waals surface area contributed by atoms with E-state index in [-0.39, 0.29) is 12.8 Å². The Hall–Kier alpha value is -3.06. The van der Waals surface area contributed by atoms with Gasteiger partial charge in [-0.2, -0.15) is 0 Å². The minimum Gasteiger partial charge on any atom is -0.497 e. The molecule has 2 atom stereocenters. The molecule has 0 aliphatic rings. The molecule has 0 unspecified atom stereocenters. The van der Waals surface area contributed by atoms with Gasteiger partial charge in [-0.05, 0) is 63.2 Å². The zero-order valence-corrected chi connectivity index (χ0v) is 18.5. The largest absolute Gasteiger partial charge is 0.497 e. The Morgan fingerprint density at radius 2 is 1.77 bits per heavy atom. The molecule has 0 aliphatic carbocycles. The fraction of sp³-hybridized carbons (Fsp3) is 0.417. The summed E-state index contributed by atoms with van der Waals surface area (Å²) < 4.78 is 16.9. The molecule has 0 amide bonds. The third kappa shape index (κ3) is 7.94. The van der Waals surface area contributed by atoms with Crippen LogP contribution in [0.3, 0.4) is 0 Å². The molecule has 2 aromatic rings. The normalized spacial score (nSPS) is 12.8. The van der Waals surface area contributed by atoms with Gasteiger partial charge >= 0.3 is 11.9 Å². The van der Waals surface area contributed by atoms with E-state index in [1.54, 1.807) is 14.0 Å². The van der Waals surface area contributed by atoms with E-state index >= 15 is 0 Å². The number of carboxylic acids is 1. The van der Waals surface area contributed by atoms with Crippen LogP contribution in [0.1, 0.15) is 30.9 Å². The molecule has 7 nitrogen and oxygen atoms in total. The number of hydrogen-bond acceptors (Lipinski definition) is 6. The van der Waals surface area contributed by atoms with Crippen molar-refractivity contribution in [1.29, 1.82) is 0 Å². The molecule has 31 heavy (non-hydrogen) atoms. The van der Waals surface area contributed by atoms with Crippen LogP contribution in [-0.2, 0) is 27.2 Å². The number of para-hydroxylation sites is 1. The van der Waals surface area contributed by atoms with Crippen LogP contribution < -0.4 is 9.47 Å². The molecule has 2 aromatic carbocycles. The topological polar surface area (TPSA) is 85.3 Å². The first kappa shape index (κ1) is 24.2. The zero-order chi connectivity index (χ0) is 22.8. The van der Waals surface area contributed by atoms with Crippen LogP contribution in [0.25, 0.3) is 0 Å². The van der Waals surface area contributed by atoms with E-state index < -0.39 is 24.3 Å². The standard InChI is InChI=1S/C24H31NO6/c1-17(30-23(28)15-14-22(26)27)24(25(2)3)31-21-11-6-5-9-19(21)13-12-18-8-7-10-20(16-18)29-4/h5-11,16-17,24H,12-15H2,1-4H3,(H,26,27)/t17-,24-/m0/s1. The highest BCUT2D eigenvalue weighted by Crippen LogP contribution is 2.24. The molecular formula is C24H31NO6. The lowest BCUT2D eigenvalue weighted by Gasteiger charge is -2.31. The molecular weight excluding hydrogens is 398 g/mol. The molecule has 0 radical (unpaired) electrons. The maximum absolute atomic E-state index is 11.9. The van der Waals surface area contributed by atoms with E-state index in [2.05, 4.69) is 6.07 Å². The van der Waals surface area contributed by atoms with Crippen LogP contribution in [0.5, 0.6) is 11.5 Å². The van der Waals surface area contributed by atoms with Crippen molar-refractivity contribution in [2.75, 3.05) is 21.2 Å². The predicted octanol–water partition coefficient (Wildman–Crippen LogP) is 3.54. The van der Waals surface area contributed by atoms with Crippen molar-refractivity contribution < 1.29 is 28.9 Å². The van der Waals surface area contributed by atoms with Crippen LogP contribution in [0.4, 0.5) is 0 Å². The summed E-state index contributed by atoms with van der Waals surface area (Å²) in [4.78, 5) is 24.4. The molecule has 0 aliphatic heterocycles. The number of carbonyl (C=O) groups excluding carboxylic acids is 1. The first-order valence-corrected chi connectivity index (χ1v) is 10.3. The molecule has 0 spiro atoms. The molecule has 0 heterocycles. The number of nitrogens with zero attached hydrogens (tertiary/aromatic N) is 1. The number of carboxylic acid groups (broad SMARTS) is 1. The summed E-state index contributed by atoms with van der Waals surface area (Å²) in [6.45, 7) is 1.74. The molecule has 2 rings (SSSR count). The smallest absolute Gasteiger partial charge is 0.306 e. The van der Waals surface area contributed by atoms with Crippen LogP contribution in [-0.4, -0.2) is 55.5 Å². The number of hydrogen-bond donors (Lipinski definition) is 1. The van der Waals surface area contributed by atoms with Crippen LogP contribution >= 0.6 is 0 Å². The molecule has 0 bridgehead atoms. The van der Waals surface area contributed by atoms with Crippen molar-refractivity contribution in [3.63, 3.8) is 0 Å². The Labute approximate surface area is 183 Å². The summed E-state index contributed by atoms with van der Waals surface area (Å²) in [7, 11) is 5.33. The van der Waals surface area contributed by atoms with E-state index in [4.69, 9.17) is 19.3 Å². The van der Waals surface area contributed by atoms with Gasteiger partial charge in [0, 0.05) is 0 Å². The van der Waals surface area contributed by atoms with Crippen molar-refractivity contribution in [2.45, 2.75) is 44.9 Å². The number of methoxy groups -OCH3 is 1. The summed E-state index contributed by atoms with van der Waals surface area (Å²) >= 11 is 0. The second-order valence-electron chi connectivity index (χ2n) is 7.52. The summed E-state index contributed by atoms with van der Waals surface area (Å²) in [5.74, 6) is -0.0441. The van der Waals surface area contributed by atoms with Crippen LogP contribution in [0, 0.1) is 0 Å². The van der Waals surface area contributed by atoms with E-state index in [1.807, 2.05) is 61.5 Å². The summed E-state index contributed by atoms with van der Waals surface area (Å²) in [5, 5.41) is 8.73. The Kier molecular flexibility index (Phi) is 9.34. The third-order valence-corrected chi connectivity index (χ3v) is 4.81. The number of likely N-dealkylation sites (N-methyl/N-ethyl adjacent to an activating group) is 1. The molecule has 0 fully saturated rings. The second kappa shape index (κ2) is 12.0. The monoisotopic (exact) mass is 429 g/mol. The Balaban J connectivity index is 2.06. The summed E-state index contributed by atoms with van der Waals surface area (Å²) in [5.41, 5.74) is 2.21. The lowest BCUT2D eigenvalue weighted by molar-refractivity contribution is -0.159. The van der Waals surface area contributed by atoms with Crippen LogP contribution in [0.15, 0.2) is 48.5 Å². The number of aliphatic carboxylic acids is 1. The summed E-state index contributed by atoms with van der Waals surface area (Å²) in [6, 6.07) is 15.8. The third-order valence-electron chi connectivity index (χ3n) is 4.81. The van der Waals surface area contributed by atoms with Gasteiger partial charge in [0.1, 0.15) is 17.6 Å². The Bertz CT molecular complexity index is 867. The van der Waals surface area contributed by atoms with E-state index in [0.29, 0.717) is 0 Å². The van der Waals surface area contributed by atoms with Gasteiger partial charge in [0.25, 0.3) is 0 Å². The van der Waals surface area contributed by atoms with Crippen molar-refractivity contribution in [3.8, 4) is 11.5 Å². The van der Waals surface area contributed by atoms with E-state index in [1.165, 1.54) is 5.56 Å². The first-order chi connectivity index (χ1) is 14.8. The zero-order valence-electron chi connectivity index (χ0n) is 18.5.